The van der Waals surface area contributed by atoms with Crippen LogP contribution in [0.5, 0.6) is 5.75 Å². The second-order valence-electron chi connectivity index (χ2n) is 9.06. The van der Waals surface area contributed by atoms with Crippen LogP contribution in [0.3, 0.4) is 0 Å². The maximum atomic E-state index is 12.7. The molecule has 194 valence electrons. The molecule has 0 radical (unpaired) electrons. The van der Waals surface area contributed by atoms with Gasteiger partial charge in [-0.3, -0.25) is 14.0 Å². The fraction of sp³-hybridized carbons (Fsp3) is 0.346. The zero-order valence-corrected chi connectivity index (χ0v) is 20.6. The van der Waals surface area contributed by atoms with E-state index >= 15 is 0 Å². The topological polar surface area (TPSA) is 75.9 Å². The highest BCUT2D eigenvalue weighted by molar-refractivity contribution is 8.04. The third-order valence-electron chi connectivity index (χ3n) is 6.55. The Kier molecular flexibility index (Phi) is 7.14. The van der Waals surface area contributed by atoms with Crippen molar-refractivity contribution < 1.29 is 27.5 Å². The van der Waals surface area contributed by atoms with Crippen molar-refractivity contribution in [3.05, 3.63) is 64.8 Å². The van der Waals surface area contributed by atoms with Crippen molar-refractivity contribution >= 4 is 35.3 Å². The van der Waals surface area contributed by atoms with Gasteiger partial charge in [0.2, 0.25) is 0 Å². The van der Waals surface area contributed by atoms with Gasteiger partial charge in [-0.2, -0.15) is 0 Å². The second kappa shape index (κ2) is 10.5. The first kappa shape index (κ1) is 25.2. The minimum absolute atomic E-state index is 0.0958. The first-order chi connectivity index (χ1) is 17.8. The zero-order chi connectivity index (χ0) is 26.0. The Morgan fingerprint density at radius 1 is 1.11 bits per heavy atom. The van der Waals surface area contributed by atoms with Crippen molar-refractivity contribution in [2.45, 2.75) is 37.1 Å². The minimum Gasteiger partial charge on any atom is -0.406 e. The number of carbonyl (C=O) groups excluding carboxylic acids is 2. The quantitative estimate of drug-likeness (QED) is 0.429. The van der Waals surface area contributed by atoms with Gasteiger partial charge in [-0.1, -0.05) is 17.8 Å². The molecule has 1 saturated heterocycles. The standard InChI is InChI=1S/C26H25F3N4O3S/c27-26(28,29)36-20-8-6-18(7-9-20)25(35)32-13-10-17(11-14-32)3-2-12-30-24(34)21-15-19-16-31-22-4-1-5-23(37-21)33(19)22/h1,4-9,15-17H,2-3,10-14H2,(H,30,34). The number of halogens is 3. The van der Waals surface area contributed by atoms with Gasteiger partial charge in [0.25, 0.3) is 11.8 Å². The van der Waals surface area contributed by atoms with E-state index in [1.165, 1.54) is 23.9 Å². The van der Waals surface area contributed by atoms with Crippen molar-refractivity contribution in [1.82, 2.24) is 19.6 Å². The molecule has 1 N–H and O–H groups in total. The van der Waals surface area contributed by atoms with E-state index in [0.717, 1.165) is 54.2 Å². The van der Waals surface area contributed by atoms with Crippen molar-refractivity contribution in [3.8, 4) is 5.75 Å². The van der Waals surface area contributed by atoms with E-state index in [4.69, 9.17) is 0 Å². The van der Waals surface area contributed by atoms with Crippen molar-refractivity contribution in [2.24, 2.45) is 5.92 Å². The fourth-order valence-electron chi connectivity index (χ4n) is 4.68. The van der Waals surface area contributed by atoms with Crippen molar-refractivity contribution in [2.75, 3.05) is 19.6 Å². The lowest BCUT2D eigenvalue weighted by Crippen LogP contribution is -2.38. The molecule has 1 fully saturated rings. The van der Waals surface area contributed by atoms with E-state index in [-0.39, 0.29) is 17.6 Å². The van der Waals surface area contributed by atoms with Gasteiger partial charge >= 0.3 is 6.36 Å². The predicted molar refractivity (Wildman–Crippen MR) is 133 cm³/mol. The summed E-state index contributed by atoms with van der Waals surface area (Å²) >= 11 is 1.43. The molecule has 0 spiro atoms. The van der Waals surface area contributed by atoms with E-state index in [1.54, 1.807) is 11.1 Å². The second-order valence-corrected chi connectivity index (χ2v) is 10.1. The summed E-state index contributed by atoms with van der Waals surface area (Å²) in [5.74, 6) is -0.183. The highest BCUT2D eigenvalue weighted by Gasteiger charge is 2.31. The number of hydrogen-bond acceptors (Lipinski definition) is 5. The van der Waals surface area contributed by atoms with Gasteiger partial charge in [-0.05, 0) is 74.1 Å². The summed E-state index contributed by atoms with van der Waals surface area (Å²) in [6, 6.07) is 10.8. The number of pyridine rings is 1. The monoisotopic (exact) mass is 530 g/mol. The average molecular weight is 531 g/mol. The van der Waals surface area contributed by atoms with E-state index < -0.39 is 6.36 Å². The molecule has 0 unspecified atom stereocenters. The Hall–Kier alpha value is -3.47. The number of ether oxygens (including phenoxy) is 1. The smallest absolute Gasteiger partial charge is 0.406 e. The highest BCUT2D eigenvalue weighted by Crippen LogP contribution is 2.34. The number of piperidine rings is 1. The van der Waals surface area contributed by atoms with Gasteiger partial charge in [0, 0.05) is 25.2 Å². The molecule has 2 aromatic heterocycles. The molecule has 7 nitrogen and oxygen atoms in total. The van der Waals surface area contributed by atoms with Gasteiger partial charge in [0.05, 0.1) is 21.8 Å². The Labute approximate surface area is 215 Å². The Balaban J connectivity index is 1.03. The lowest BCUT2D eigenvalue weighted by atomic mass is 9.92. The van der Waals surface area contributed by atoms with Gasteiger partial charge in [0.15, 0.2) is 0 Å². The van der Waals surface area contributed by atoms with Crippen LogP contribution < -0.4 is 10.1 Å². The first-order valence-electron chi connectivity index (χ1n) is 12.1. The van der Waals surface area contributed by atoms with Gasteiger partial charge < -0.3 is 15.0 Å². The van der Waals surface area contributed by atoms with Gasteiger partial charge in [0.1, 0.15) is 11.4 Å². The molecule has 2 amide bonds. The number of nitrogens with one attached hydrogen (secondary N) is 1. The number of nitrogens with zero attached hydrogens (tertiary/aromatic N) is 3. The lowest BCUT2D eigenvalue weighted by molar-refractivity contribution is -0.274. The van der Waals surface area contributed by atoms with Gasteiger partial charge in [-0.25, -0.2) is 4.98 Å². The van der Waals surface area contributed by atoms with E-state index in [9.17, 15) is 22.8 Å². The number of aromatic nitrogens is 2. The molecule has 0 aliphatic carbocycles. The number of rotatable bonds is 7. The molecule has 0 saturated carbocycles. The van der Waals surface area contributed by atoms with Crippen LogP contribution in [0.2, 0.25) is 0 Å². The lowest BCUT2D eigenvalue weighted by Gasteiger charge is -2.32. The highest BCUT2D eigenvalue weighted by atomic mass is 32.2. The van der Waals surface area contributed by atoms with E-state index in [2.05, 4.69) is 15.0 Å². The first-order valence-corrected chi connectivity index (χ1v) is 12.9. The Morgan fingerprint density at radius 3 is 2.59 bits per heavy atom. The van der Waals surface area contributed by atoms with Crippen LogP contribution in [0.4, 0.5) is 13.2 Å². The molecule has 3 aromatic rings. The molecular weight excluding hydrogens is 505 g/mol. The number of alkyl halides is 3. The number of imidazole rings is 1. The maximum absolute atomic E-state index is 12.7. The average Bonchev–Trinajstić information content (AvgIpc) is 3.30. The summed E-state index contributed by atoms with van der Waals surface area (Å²) in [5, 5.41) is 3.97. The van der Waals surface area contributed by atoms with Crippen LogP contribution in [0.25, 0.3) is 11.7 Å². The molecule has 1 aromatic carbocycles. The third-order valence-corrected chi connectivity index (χ3v) is 7.60. The van der Waals surface area contributed by atoms with E-state index in [1.807, 2.05) is 28.7 Å². The predicted octanol–water partition coefficient (Wildman–Crippen LogP) is 5.13. The maximum Gasteiger partial charge on any atom is 0.573 e. The van der Waals surface area contributed by atoms with Crippen LogP contribution in [0.15, 0.2) is 58.6 Å². The van der Waals surface area contributed by atoms with Crippen LogP contribution in [0, 0.1) is 5.92 Å². The molecule has 4 heterocycles. The molecule has 2 aliphatic rings. The molecule has 0 atom stereocenters. The number of amides is 2. The number of hydrogen-bond donors (Lipinski definition) is 1. The summed E-state index contributed by atoms with van der Waals surface area (Å²) < 4.78 is 42.8. The molecule has 37 heavy (non-hydrogen) atoms. The number of benzene rings is 1. The molecular formula is C26H25F3N4O3S. The Bertz CT molecular complexity index is 1330. The van der Waals surface area contributed by atoms with Crippen LogP contribution in [0.1, 0.15) is 41.7 Å². The third kappa shape index (κ3) is 5.93. The largest absolute Gasteiger partial charge is 0.573 e. The van der Waals surface area contributed by atoms with Crippen molar-refractivity contribution in [3.63, 3.8) is 0 Å². The van der Waals surface area contributed by atoms with Crippen LogP contribution in [-0.2, 0) is 4.79 Å². The summed E-state index contributed by atoms with van der Waals surface area (Å²) in [6.07, 6.45) is 2.35. The SMILES string of the molecule is O=C(NCCCC1CCN(C(=O)c2ccc(OC(F)(F)F)cc2)CC1)C1=Cc2cnc3cccc(n23)S1. The summed E-state index contributed by atoms with van der Waals surface area (Å²) in [4.78, 5) is 32.2. The van der Waals surface area contributed by atoms with E-state index in [0.29, 0.717) is 36.0 Å². The number of carbonyl (C=O) groups is 2. The van der Waals surface area contributed by atoms with Crippen LogP contribution in [-0.4, -0.2) is 52.1 Å². The summed E-state index contributed by atoms with van der Waals surface area (Å²) in [5.41, 5.74) is 2.09. The van der Waals surface area contributed by atoms with Gasteiger partial charge in [-0.15, -0.1) is 13.2 Å². The van der Waals surface area contributed by atoms with Crippen LogP contribution >= 0.6 is 11.8 Å². The summed E-state index contributed by atoms with van der Waals surface area (Å²) in [6.45, 7) is 1.77. The Morgan fingerprint density at radius 2 is 1.86 bits per heavy atom. The number of likely N-dealkylation sites (tertiary alicyclic amines) is 1. The molecule has 2 aliphatic heterocycles. The number of thioether (sulfide) groups is 1. The fourth-order valence-corrected chi connectivity index (χ4v) is 5.69. The summed E-state index contributed by atoms with van der Waals surface area (Å²) in [7, 11) is 0. The van der Waals surface area contributed by atoms with Crippen molar-refractivity contribution in [1.29, 1.82) is 0 Å². The zero-order valence-electron chi connectivity index (χ0n) is 19.8. The molecule has 0 bridgehead atoms. The normalized spacial score (nSPS) is 16.0. The molecule has 11 heteroatoms. The molecule has 5 rings (SSSR count). The minimum atomic E-state index is -4.76.